The van der Waals surface area contributed by atoms with Crippen molar-refractivity contribution in [1.29, 1.82) is 0 Å². The van der Waals surface area contributed by atoms with E-state index in [0.29, 0.717) is 40.7 Å². The first-order valence-corrected chi connectivity index (χ1v) is 19.9. The quantitative estimate of drug-likeness (QED) is 0.128. The minimum absolute atomic E-state index is 0.0917. The molecule has 1 aliphatic carbocycles. The van der Waals surface area contributed by atoms with E-state index < -0.39 is 48.5 Å². The molecule has 61 heavy (non-hydrogen) atoms. The zero-order chi connectivity index (χ0) is 42.8. The summed E-state index contributed by atoms with van der Waals surface area (Å²) in [5.74, 6) is -2.17. The number of aliphatic hydroxyl groups excluding tert-OH is 2. The van der Waals surface area contributed by atoms with Crippen molar-refractivity contribution in [2.45, 2.75) is 75.2 Å². The van der Waals surface area contributed by atoms with Gasteiger partial charge in [0, 0.05) is 45.0 Å². The van der Waals surface area contributed by atoms with Gasteiger partial charge in [0.05, 0.1) is 49.2 Å². The number of hydrogen-bond donors (Lipinski definition) is 4. The number of rotatable bonds is 12. The lowest BCUT2D eigenvalue weighted by molar-refractivity contribution is -0.232. The number of carbonyl (C=O) groups is 2. The molecule has 2 amide bonds. The Labute approximate surface area is 347 Å². The molecule has 20 heteroatoms. The third kappa shape index (κ3) is 8.71. The van der Waals surface area contributed by atoms with Crippen molar-refractivity contribution in [2.24, 2.45) is 7.05 Å². The van der Waals surface area contributed by atoms with Crippen LogP contribution in [0.5, 0.6) is 0 Å². The molecule has 4 N–H and O–H groups in total. The zero-order valence-electron chi connectivity index (χ0n) is 33.3. The van der Waals surface area contributed by atoms with E-state index in [1.807, 2.05) is 73.8 Å². The SMILES string of the molecule is CCc1cnn([C@H]2C[C@@H](n3cnc4c(NCC(c5ccccc5)c5ccccc5)nc(N5CC[C@@H](N(OC(=O)C(F)(F)F)C(=O)NCc6cn(C)cn6)C5)nc43)[C@H](O)[C@@H]2O)c1. The van der Waals surface area contributed by atoms with Gasteiger partial charge < -0.3 is 39.7 Å². The van der Waals surface area contributed by atoms with Crippen molar-refractivity contribution in [3.05, 3.63) is 114 Å². The summed E-state index contributed by atoms with van der Waals surface area (Å²) in [6.45, 7) is 2.30. The molecule has 0 bridgehead atoms. The number of hydrogen-bond acceptors (Lipinski definition) is 12. The molecule has 2 fully saturated rings. The van der Waals surface area contributed by atoms with Gasteiger partial charge in [0.2, 0.25) is 5.95 Å². The van der Waals surface area contributed by atoms with Gasteiger partial charge in [-0.3, -0.25) is 4.68 Å². The van der Waals surface area contributed by atoms with Gasteiger partial charge in [-0.15, -0.1) is 5.06 Å². The minimum Gasteiger partial charge on any atom is -0.388 e. The summed E-state index contributed by atoms with van der Waals surface area (Å²) >= 11 is 0. The summed E-state index contributed by atoms with van der Waals surface area (Å²) in [5.41, 5.74) is 4.23. The molecule has 1 aliphatic heterocycles. The predicted octanol–water partition coefficient (Wildman–Crippen LogP) is 4.28. The fourth-order valence-electron chi connectivity index (χ4n) is 8.02. The van der Waals surface area contributed by atoms with E-state index in [2.05, 4.69) is 20.7 Å². The number of nitrogens with one attached hydrogen (secondary N) is 2. The number of aliphatic hydroxyl groups is 2. The number of aryl methyl sites for hydroxylation is 2. The fourth-order valence-corrected chi connectivity index (χ4v) is 8.02. The average Bonchev–Trinajstić information content (AvgIpc) is 4.12. The molecule has 0 radical (unpaired) electrons. The average molecular weight is 843 g/mol. The van der Waals surface area contributed by atoms with Crippen molar-refractivity contribution in [3.8, 4) is 0 Å². The summed E-state index contributed by atoms with van der Waals surface area (Å²) in [7, 11) is 1.72. The highest BCUT2D eigenvalue weighted by molar-refractivity contribution is 5.85. The molecule has 8 rings (SSSR count). The van der Waals surface area contributed by atoms with Gasteiger partial charge in [0.25, 0.3) is 0 Å². The number of aromatic nitrogens is 8. The smallest absolute Gasteiger partial charge is 0.388 e. The monoisotopic (exact) mass is 842 g/mol. The summed E-state index contributed by atoms with van der Waals surface area (Å²) in [4.78, 5) is 50.5. The number of benzene rings is 2. The third-order valence-electron chi connectivity index (χ3n) is 11.2. The summed E-state index contributed by atoms with van der Waals surface area (Å²) in [5, 5.41) is 33.6. The summed E-state index contributed by atoms with van der Waals surface area (Å²) in [6, 6.07) is 16.6. The topological polar surface area (TPSA) is 194 Å². The molecule has 0 spiro atoms. The Balaban J connectivity index is 1.12. The van der Waals surface area contributed by atoms with Crippen LogP contribution < -0.4 is 15.5 Å². The maximum Gasteiger partial charge on any atom is 0.493 e. The van der Waals surface area contributed by atoms with Crippen molar-refractivity contribution >= 4 is 34.9 Å². The second kappa shape index (κ2) is 17.2. The van der Waals surface area contributed by atoms with Crippen molar-refractivity contribution in [1.82, 2.24) is 49.2 Å². The molecule has 2 aliphatic rings. The number of carbonyl (C=O) groups excluding carboxylic acids is 2. The highest BCUT2D eigenvalue weighted by atomic mass is 19.4. The number of fused-ring (bicyclic) bond motifs is 1. The molecule has 1 saturated heterocycles. The number of alkyl halides is 3. The van der Waals surface area contributed by atoms with Crippen LogP contribution in [-0.4, -0.2) is 110 Å². The predicted molar refractivity (Wildman–Crippen MR) is 215 cm³/mol. The molecule has 1 saturated carbocycles. The lowest BCUT2D eigenvalue weighted by atomic mass is 9.91. The van der Waals surface area contributed by atoms with E-state index in [-0.39, 0.29) is 37.9 Å². The van der Waals surface area contributed by atoms with Crippen LogP contribution in [0.2, 0.25) is 0 Å². The number of urea groups is 1. The van der Waals surface area contributed by atoms with E-state index in [0.717, 1.165) is 23.1 Å². The maximum atomic E-state index is 13.5. The van der Waals surface area contributed by atoms with Crippen LogP contribution in [-0.2, 0) is 29.6 Å². The Hall–Kier alpha value is -6.54. The van der Waals surface area contributed by atoms with Crippen molar-refractivity contribution in [3.63, 3.8) is 0 Å². The summed E-state index contributed by atoms with van der Waals surface area (Å²) in [6.07, 6.45) is 1.65. The van der Waals surface area contributed by atoms with Gasteiger partial charge >= 0.3 is 18.2 Å². The van der Waals surface area contributed by atoms with Crippen molar-refractivity contribution in [2.75, 3.05) is 29.9 Å². The Morgan fingerprint density at radius 3 is 2.31 bits per heavy atom. The largest absolute Gasteiger partial charge is 0.493 e. The maximum absolute atomic E-state index is 13.5. The molecule has 5 atom stereocenters. The second-order valence-electron chi connectivity index (χ2n) is 15.3. The number of hydroxylamine groups is 2. The van der Waals surface area contributed by atoms with E-state index in [4.69, 9.17) is 19.8 Å². The highest BCUT2D eigenvalue weighted by Crippen LogP contribution is 2.40. The molecular weight excluding hydrogens is 798 g/mol. The van der Waals surface area contributed by atoms with Gasteiger partial charge in [-0.2, -0.15) is 28.2 Å². The summed E-state index contributed by atoms with van der Waals surface area (Å²) < 4.78 is 45.5. The van der Waals surface area contributed by atoms with Gasteiger partial charge in [0.15, 0.2) is 17.0 Å². The van der Waals surface area contributed by atoms with E-state index in [1.54, 1.807) is 44.5 Å². The first-order valence-electron chi connectivity index (χ1n) is 19.9. The van der Waals surface area contributed by atoms with Crippen LogP contribution in [0.3, 0.4) is 0 Å². The lowest BCUT2D eigenvalue weighted by Gasteiger charge is -2.27. The molecule has 6 aromatic rings. The van der Waals surface area contributed by atoms with Gasteiger partial charge in [0.1, 0.15) is 12.2 Å². The molecule has 320 valence electrons. The van der Waals surface area contributed by atoms with E-state index in [9.17, 15) is 33.0 Å². The normalized spacial score (nSPS) is 20.4. The van der Waals surface area contributed by atoms with Gasteiger partial charge in [-0.1, -0.05) is 67.6 Å². The Kier molecular flexibility index (Phi) is 11.6. The van der Waals surface area contributed by atoms with Crippen LogP contribution in [0.4, 0.5) is 29.7 Å². The number of halogens is 3. The van der Waals surface area contributed by atoms with Crippen LogP contribution >= 0.6 is 0 Å². The van der Waals surface area contributed by atoms with E-state index in [1.165, 1.54) is 6.33 Å². The molecule has 5 heterocycles. The zero-order valence-corrected chi connectivity index (χ0v) is 33.3. The first kappa shape index (κ1) is 41.2. The first-order chi connectivity index (χ1) is 29.4. The van der Waals surface area contributed by atoms with Gasteiger partial charge in [-0.05, 0) is 36.0 Å². The van der Waals surface area contributed by atoms with Crippen LogP contribution in [0.1, 0.15) is 60.2 Å². The Morgan fingerprint density at radius 2 is 1.67 bits per heavy atom. The van der Waals surface area contributed by atoms with Crippen LogP contribution in [0, 0.1) is 0 Å². The Morgan fingerprint density at radius 1 is 0.967 bits per heavy atom. The molecular formula is C41H45F3N12O5. The van der Waals surface area contributed by atoms with Crippen LogP contribution in [0.15, 0.2) is 91.9 Å². The number of imidazole rings is 2. The molecule has 0 unspecified atom stereocenters. The van der Waals surface area contributed by atoms with E-state index >= 15 is 0 Å². The third-order valence-corrected chi connectivity index (χ3v) is 11.2. The van der Waals surface area contributed by atoms with Gasteiger partial charge in [-0.25, -0.2) is 19.6 Å². The molecule has 2 aromatic carbocycles. The fraction of sp³-hybridized carbons (Fsp3) is 0.390. The minimum atomic E-state index is -5.37. The van der Waals surface area contributed by atoms with Crippen molar-refractivity contribution < 1.29 is 37.8 Å². The number of amides is 2. The highest BCUT2D eigenvalue weighted by Gasteiger charge is 2.47. The number of anilines is 2. The molecule has 17 nitrogen and oxygen atoms in total. The molecule has 4 aromatic heterocycles. The number of nitrogens with zero attached hydrogens (tertiary/aromatic N) is 10. The van der Waals surface area contributed by atoms with Crippen LogP contribution in [0.25, 0.3) is 11.2 Å². The Bertz CT molecular complexity index is 2420. The second-order valence-corrected chi connectivity index (χ2v) is 15.3. The lowest BCUT2D eigenvalue weighted by Crippen LogP contribution is -2.49. The standard InChI is InChI=1S/C41H45F3N12O5/c1-3-25-17-49-55(20-25)32-16-31(34(57)35(32)58)54-24-48-33-36(45-19-30(26-10-6-4-7-11-26)27-12-8-5-9-13-27)50-39(51-37(33)54)53-15-14-29(22-53)56(61-38(59)41(42,43)44)40(60)46-18-28-21-52(2)23-47-28/h4-13,17,20-21,23-24,29-32,34-35,57-58H,3,14-16,18-19,22H2,1-2H3,(H,46,60)(H,45,50,51)/t29-,31-,32+,34+,35-/m1/s1.